The molecule has 226 valence electrons. The third kappa shape index (κ3) is 6.10. The molecule has 0 radical (unpaired) electrons. The third-order valence-corrected chi connectivity index (χ3v) is 7.70. The van der Waals surface area contributed by atoms with E-state index >= 15 is 0 Å². The van der Waals surface area contributed by atoms with Crippen LogP contribution in [0.1, 0.15) is 46.2 Å². The first kappa shape index (κ1) is 30.2. The number of hydrogen-bond donors (Lipinski definition) is 1. The van der Waals surface area contributed by atoms with E-state index in [1.165, 1.54) is 13.2 Å². The lowest BCUT2D eigenvalue weighted by Crippen LogP contribution is -2.18. The van der Waals surface area contributed by atoms with Crippen molar-refractivity contribution in [3.8, 4) is 11.1 Å². The molecule has 0 amide bonds. The standard InChI is InChI=1S/C34H36N6O4/c1-6-9-31-36-32-22(2)18-24(20-38(4)30-17-16-28(40(42)43)33(35-3)37-30)19-29(32)39(31)21-23-12-14-25(15-13-23)26-10-7-8-11-27(26)34(41)44-5/h7-8,10-19H,6,9,20-21H2,1-5H3,(H,35,37). The van der Waals surface area contributed by atoms with E-state index in [9.17, 15) is 14.9 Å². The van der Waals surface area contributed by atoms with Crippen molar-refractivity contribution >= 4 is 34.3 Å². The minimum Gasteiger partial charge on any atom is -0.465 e. The van der Waals surface area contributed by atoms with Gasteiger partial charge in [-0.05, 0) is 59.4 Å². The summed E-state index contributed by atoms with van der Waals surface area (Å²) in [5.41, 5.74) is 7.59. The number of nitro groups is 1. The fraction of sp³-hybridized carbons (Fsp3) is 0.265. The van der Waals surface area contributed by atoms with Crippen LogP contribution < -0.4 is 10.2 Å². The minimum absolute atomic E-state index is 0.0602. The number of esters is 1. The topological polar surface area (TPSA) is 115 Å². The van der Waals surface area contributed by atoms with Crippen molar-refractivity contribution in [2.75, 3.05) is 31.4 Å². The minimum atomic E-state index is -0.441. The Hall–Kier alpha value is -5.25. The number of nitrogens with one attached hydrogen (secondary N) is 1. The summed E-state index contributed by atoms with van der Waals surface area (Å²) in [4.78, 5) is 34.7. The number of hydrogen-bond acceptors (Lipinski definition) is 8. The normalized spacial score (nSPS) is 11.0. The average Bonchev–Trinajstić information content (AvgIpc) is 3.37. The molecule has 0 unspecified atom stereocenters. The highest BCUT2D eigenvalue weighted by Gasteiger charge is 2.18. The fourth-order valence-corrected chi connectivity index (χ4v) is 5.53. The lowest BCUT2D eigenvalue weighted by Gasteiger charge is -2.19. The number of ether oxygens (including phenoxy) is 1. The fourth-order valence-electron chi connectivity index (χ4n) is 5.53. The van der Waals surface area contributed by atoms with Crippen molar-refractivity contribution in [2.45, 2.75) is 39.8 Å². The number of aryl methyl sites for hydroxylation is 2. The van der Waals surface area contributed by atoms with Crippen molar-refractivity contribution in [3.05, 3.63) is 111 Å². The largest absolute Gasteiger partial charge is 0.465 e. The molecule has 0 atom stereocenters. The number of rotatable bonds is 11. The Bertz CT molecular complexity index is 1830. The molecule has 10 nitrogen and oxygen atoms in total. The van der Waals surface area contributed by atoms with E-state index in [-0.39, 0.29) is 17.5 Å². The Morgan fingerprint density at radius 2 is 1.80 bits per heavy atom. The second-order valence-corrected chi connectivity index (χ2v) is 10.8. The van der Waals surface area contributed by atoms with E-state index in [4.69, 9.17) is 9.72 Å². The highest BCUT2D eigenvalue weighted by molar-refractivity contribution is 5.97. The zero-order chi connectivity index (χ0) is 31.4. The zero-order valence-corrected chi connectivity index (χ0v) is 25.6. The molecule has 2 heterocycles. The second kappa shape index (κ2) is 12.9. The van der Waals surface area contributed by atoms with Gasteiger partial charge in [0.25, 0.3) is 0 Å². The van der Waals surface area contributed by atoms with Crippen LogP contribution in [0, 0.1) is 17.0 Å². The second-order valence-electron chi connectivity index (χ2n) is 10.8. The van der Waals surface area contributed by atoms with Crippen LogP contribution in [0.2, 0.25) is 0 Å². The van der Waals surface area contributed by atoms with E-state index in [0.29, 0.717) is 24.5 Å². The van der Waals surface area contributed by atoms with Gasteiger partial charge in [-0.2, -0.15) is 0 Å². The van der Waals surface area contributed by atoms with Gasteiger partial charge in [-0.15, -0.1) is 0 Å². The first-order valence-electron chi connectivity index (χ1n) is 14.5. The Balaban J connectivity index is 1.46. The summed E-state index contributed by atoms with van der Waals surface area (Å²) < 4.78 is 7.27. The predicted molar refractivity (Wildman–Crippen MR) is 173 cm³/mol. The monoisotopic (exact) mass is 592 g/mol. The molecular formula is C34H36N6O4. The van der Waals surface area contributed by atoms with Gasteiger partial charge in [0.1, 0.15) is 11.6 Å². The summed E-state index contributed by atoms with van der Waals surface area (Å²) in [6, 6.07) is 23.2. The molecule has 0 saturated carbocycles. The van der Waals surface area contributed by atoms with Gasteiger partial charge in [-0.25, -0.2) is 14.8 Å². The number of fused-ring (bicyclic) bond motifs is 1. The number of carbonyl (C=O) groups excluding carboxylic acids is 1. The lowest BCUT2D eigenvalue weighted by atomic mass is 9.98. The molecule has 5 rings (SSSR count). The van der Waals surface area contributed by atoms with E-state index in [1.54, 1.807) is 19.2 Å². The van der Waals surface area contributed by atoms with Gasteiger partial charge in [0.2, 0.25) is 5.82 Å². The molecule has 0 fully saturated rings. The molecule has 44 heavy (non-hydrogen) atoms. The molecular weight excluding hydrogens is 556 g/mol. The average molecular weight is 593 g/mol. The van der Waals surface area contributed by atoms with Crippen molar-refractivity contribution in [3.63, 3.8) is 0 Å². The molecule has 0 bridgehead atoms. The van der Waals surface area contributed by atoms with Crippen molar-refractivity contribution in [2.24, 2.45) is 0 Å². The van der Waals surface area contributed by atoms with Crippen molar-refractivity contribution < 1.29 is 14.5 Å². The van der Waals surface area contributed by atoms with Crippen LogP contribution in [-0.2, 0) is 24.2 Å². The third-order valence-electron chi connectivity index (χ3n) is 7.70. The number of carbonyl (C=O) groups is 1. The Morgan fingerprint density at radius 3 is 2.48 bits per heavy atom. The molecule has 3 aromatic carbocycles. The van der Waals surface area contributed by atoms with Gasteiger partial charge in [0, 0.05) is 39.7 Å². The van der Waals surface area contributed by atoms with Crippen molar-refractivity contribution in [1.82, 2.24) is 14.5 Å². The predicted octanol–water partition coefficient (Wildman–Crippen LogP) is 6.78. The Kier molecular flexibility index (Phi) is 8.89. The van der Waals surface area contributed by atoms with Crippen LogP contribution in [0.25, 0.3) is 22.2 Å². The number of imidazole rings is 1. The molecule has 10 heteroatoms. The molecule has 0 aliphatic rings. The van der Waals surface area contributed by atoms with E-state index < -0.39 is 4.92 Å². The van der Waals surface area contributed by atoms with Crippen LogP contribution in [0.5, 0.6) is 0 Å². The maximum absolute atomic E-state index is 12.3. The Labute approximate surface area is 256 Å². The first-order valence-corrected chi connectivity index (χ1v) is 14.5. The molecule has 0 saturated heterocycles. The van der Waals surface area contributed by atoms with Crippen molar-refractivity contribution in [1.29, 1.82) is 0 Å². The van der Waals surface area contributed by atoms with Crippen LogP contribution in [-0.4, -0.2) is 46.6 Å². The Morgan fingerprint density at radius 1 is 1.05 bits per heavy atom. The highest BCUT2D eigenvalue weighted by atomic mass is 16.6. The van der Waals surface area contributed by atoms with Crippen LogP contribution in [0.4, 0.5) is 17.3 Å². The number of nitrogens with zero attached hydrogens (tertiary/aromatic N) is 5. The van der Waals surface area contributed by atoms with Gasteiger partial charge >= 0.3 is 11.7 Å². The number of benzene rings is 3. The van der Waals surface area contributed by atoms with E-state index in [0.717, 1.165) is 57.5 Å². The lowest BCUT2D eigenvalue weighted by molar-refractivity contribution is -0.384. The van der Waals surface area contributed by atoms with Crippen LogP contribution in [0.15, 0.2) is 72.8 Å². The van der Waals surface area contributed by atoms with E-state index in [1.807, 2.05) is 42.3 Å². The van der Waals surface area contributed by atoms with Gasteiger partial charge in [0.15, 0.2) is 0 Å². The number of pyridine rings is 1. The molecule has 0 spiro atoms. The molecule has 5 aromatic rings. The number of methoxy groups -OCH3 is 1. The molecule has 0 aliphatic carbocycles. The summed E-state index contributed by atoms with van der Waals surface area (Å²) in [5, 5.41) is 14.2. The quantitative estimate of drug-likeness (QED) is 0.101. The highest BCUT2D eigenvalue weighted by Crippen LogP contribution is 2.29. The summed E-state index contributed by atoms with van der Waals surface area (Å²) in [5.74, 6) is 1.54. The molecule has 2 aromatic heterocycles. The van der Waals surface area contributed by atoms with E-state index in [2.05, 4.69) is 53.0 Å². The van der Waals surface area contributed by atoms with Gasteiger partial charge in [-0.3, -0.25) is 10.1 Å². The summed E-state index contributed by atoms with van der Waals surface area (Å²) >= 11 is 0. The van der Waals surface area contributed by atoms with Gasteiger partial charge < -0.3 is 19.5 Å². The van der Waals surface area contributed by atoms with Gasteiger partial charge in [-0.1, -0.05) is 55.5 Å². The smallest absolute Gasteiger partial charge is 0.338 e. The molecule has 0 aliphatic heterocycles. The maximum Gasteiger partial charge on any atom is 0.338 e. The number of aromatic nitrogens is 3. The maximum atomic E-state index is 12.3. The summed E-state index contributed by atoms with van der Waals surface area (Å²) in [6.45, 7) is 5.45. The van der Waals surface area contributed by atoms with Gasteiger partial charge in [0.05, 0.1) is 28.6 Å². The van der Waals surface area contributed by atoms with Crippen LogP contribution >= 0.6 is 0 Å². The summed E-state index contributed by atoms with van der Waals surface area (Å²) in [6.07, 6.45) is 1.83. The molecule has 1 N–H and O–H groups in total. The summed E-state index contributed by atoms with van der Waals surface area (Å²) in [7, 11) is 4.94. The van der Waals surface area contributed by atoms with Crippen LogP contribution in [0.3, 0.4) is 0 Å². The first-order chi connectivity index (χ1) is 21.2. The number of anilines is 2. The SMILES string of the molecule is CCCc1nc2c(C)cc(CN(C)c3ccc([N+](=O)[O-])c(NC)n3)cc2n1Cc1ccc(-c2ccccc2C(=O)OC)cc1. The zero-order valence-electron chi connectivity index (χ0n) is 25.6.